The van der Waals surface area contributed by atoms with Crippen molar-refractivity contribution in [2.75, 3.05) is 13.2 Å². The highest BCUT2D eigenvalue weighted by Gasteiger charge is 2.63. The number of allylic oxidation sites excluding steroid dienone is 1. The summed E-state index contributed by atoms with van der Waals surface area (Å²) in [5, 5.41) is 11.5. The second kappa shape index (κ2) is 7.86. The Labute approximate surface area is 183 Å². The molecule has 3 N–H and O–H groups in total. The fourth-order valence-electron chi connectivity index (χ4n) is 8.54. The topological polar surface area (TPSA) is 64.7 Å². The van der Waals surface area contributed by atoms with Gasteiger partial charge in [-0.15, -0.1) is 0 Å². The van der Waals surface area contributed by atoms with Crippen LogP contribution in [-0.2, 0) is 9.47 Å². The van der Waals surface area contributed by atoms with Gasteiger partial charge >= 0.3 is 0 Å². The second-order valence-electron chi connectivity index (χ2n) is 11.6. The molecule has 0 aromatic heterocycles. The van der Waals surface area contributed by atoms with Gasteiger partial charge in [0, 0.05) is 6.61 Å². The van der Waals surface area contributed by atoms with Crippen LogP contribution in [0.15, 0.2) is 11.6 Å². The van der Waals surface area contributed by atoms with Crippen LogP contribution in [0.4, 0.5) is 0 Å². The molecule has 0 aromatic carbocycles. The summed E-state index contributed by atoms with van der Waals surface area (Å²) < 4.78 is 12.2. The molecule has 1 aliphatic heterocycles. The van der Waals surface area contributed by atoms with Crippen molar-refractivity contribution in [3.8, 4) is 0 Å². The summed E-state index contributed by atoms with van der Waals surface area (Å²) in [5.74, 6) is 2.14. The molecule has 4 aliphatic carbocycles. The van der Waals surface area contributed by atoms with Crippen LogP contribution in [0.1, 0.15) is 90.9 Å². The Morgan fingerprint density at radius 1 is 1.10 bits per heavy atom. The van der Waals surface area contributed by atoms with Gasteiger partial charge in [-0.1, -0.05) is 25.5 Å². The zero-order valence-electron chi connectivity index (χ0n) is 19.2. The first-order valence-electron chi connectivity index (χ1n) is 12.8. The minimum atomic E-state index is -0.548. The molecule has 3 saturated carbocycles. The lowest BCUT2D eigenvalue weighted by molar-refractivity contribution is -0.195. The van der Waals surface area contributed by atoms with Gasteiger partial charge in [0.05, 0.1) is 11.7 Å². The highest BCUT2D eigenvalue weighted by Crippen LogP contribution is 2.67. The number of hydrogen-bond donors (Lipinski definition) is 2. The molecule has 4 heteroatoms. The number of hydrogen-bond acceptors (Lipinski definition) is 4. The normalized spacial score (nSPS) is 50.9. The standard InChI is InChI=1S/C26H43NO3/c1-24-11-8-19(30-23-5-3-4-16-29-23)17-18(24)6-7-20-21(24)9-12-25(2)22(20)10-13-26(25,28)14-15-27/h6,19-23,28H,3-5,7-17,27H2,1-2H3/t19-,20+,21-,22-,23+,24-,25-,26-/m0/s1. The molecular weight excluding hydrogens is 374 g/mol. The minimum absolute atomic E-state index is 0.0270. The monoisotopic (exact) mass is 417 g/mol. The first kappa shape index (κ1) is 21.4. The average molecular weight is 418 g/mol. The van der Waals surface area contributed by atoms with Gasteiger partial charge in [0.15, 0.2) is 6.29 Å². The quantitative estimate of drug-likeness (QED) is 0.636. The molecule has 0 unspecified atom stereocenters. The molecule has 0 amide bonds. The third-order valence-corrected chi connectivity index (χ3v) is 10.4. The average Bonchev–Trinajstić information content (AvgIpc) is 3.00. The summed E-state index contributed by atoms with van der Waals surface area (Å²) in [6.45, 7) is 6.39. The van der Waals surface area contributed by atoms with Gasteiger partial charge in [0.1, 0.15) is 0 Å². The van der Waals surface area contributed by atoms with Gasteiger partial charge < -0.3 is 20.3 Å². The van der Waals surface area contributed by atoms with E-state index in [-0.39, 0.29) is 11.7 Å². The van der Waals surface area contributed by atoms with Crippen LogP contribution in [0, 0.1) is 28.6 Å². The molecule has 30 heavy (non-hydrogen) atoms. The van der Waals surface area contributed by atoms with Crippen molar-refractivity contribution in [3.63, 3.8) is 0 Å². The Bertz CT molecular complexity index is 673. The van der Waals surface area contributed by atoms with Crippen LogP contribution in [0.2, 0.25) is 0 Å². The van der Waals surface area contributed by atoms with Crippen molar-refractivity contribution in [2.24, 2.45) is 34.3 Å². The fourth-order valence-corrected chi connectivity index (χ4v) is 8.54. The van der Waals surface area contributed by atoms with E-state index in [0.717, 1.165) is 57.0 Å². The maximum atomic E-state index is 11.5. The van der Waals surface area contributed by atoms with E-state index in [2.05, 4.69) is 19.9 Å². The first-order chi connectivity index (χ1) is 14.4. The van der Waals surface area contributed by atoms with Crippen molar-refractivity contribution in [3.05, 3.63) is 11.6 Å². The molecule has 4 nitrogen and oxygen atoms in total. The lowest BCUT2D eigenvalue weighted by Crippen LogP contribution is -2.55. The molecule has 0 bridgehead atoms. The fraction of sp³-hybridized carbons (Fsp3) is 0.923. The predicted molar refractivity (Wildman–Crippen MR) is 119 cm³/mol. The van der Waals surface area contributed by atoms with Crippen molar-refractivity contribution >= 4 is 0 Å². The number of nitrogens with two attached hydrogens (primary N) is 1. The molecule has 0 radical (unpaired) electrons. The molecule has 4 fully saturated rings. The summed E-state index contributed by atoms with van der Waals surface area (Å²) in [6.07, 6.45) is 16.4. The molecule has 0 spiro atoms. The predicted octanol–water partition coefficient (Wildman–Crippen LogP) is 4.94. The van der Waals surface area contributed by atoms with Crippen LogP contribution in [0.3, 0.4) is 0 Å². The van der Waals surface area contributed by atoms with E-state index in [1.165, 1.54) is 38.5 Å². The number of fused-ring (bicyclic) bond motifs is 5. The third kappa shape index (κ3) is 3.24. The smallest absolute Gasteiger partial charge is 0.157 e. The third-order valence-electron chi connectivity index (χ3n) is 10.4. The Kier molecular flexibility index (Phi) is 5.62. The zero-order chi connectivity index (χ0) is 21.0. The molecule has 8 atom stereocenters. The van der Waals surface area contributed by atoms with E-state index in [0.29, 0.717) is 24.0 Å². The van der Waals surface area contributed by atoms with E-state index in [4.69, 9.17) is 15.2 Å². The van der Waals surface area contributed by atoms with Crippen molar-refractivity contribution in [1.29, 1.82) is 0 Å². The second-order valence-corrected chi connectivity index (χ2v) is 11.6. The molecule has 5 rings (SSSR count). The van der Waals surface area contributed by atoms with Gasteiger partial charge in [-0.05, 0) is 112 Å². The van der Waals surface area contributed by atoms with Crippen LogP contribution in [0.25, 0.3) is 0 Å². The van der Waals surface area contributed by atoms with Gasteiger partial charge in [-0.25, -0.2) is 0 Å². The van der Waals surface area contributed by atoms with Gasteiger partial charge in [0.25, 0.3) is 0 Å². The van der Waals surface area contributed by atoms with Crippen LogP contribution in [-0.4, -0.2) is 36.3 Å². The van der Waals surface area contributed by atoms with Crippen LogP contribution in [0.5, 0.6) is 0 Å². The summed E-state index contributed by atoms with van der Waals surface area (Å²) in [5.41, 5.74) is 7.39. The SMILES string of the molecule is C[C@]12CC[C@H](O[C@@H]3CCCCO3)CC1=CC[C@@H]1[C@@H]2CC[C@@]2(C)[C@H]1CC[C@]2(O)CCN. The lowest BCUT2D eigenvalue weighted by Gasteiger charge is -2.59. The van der Waals surface area contributed by atoms with Gasteiger partial charge in [-0.2, -0.15) is 0 Å². The lowest BCUT2D eigenvalue weighted by atomic mass is 9.47. The van der Waals surface area contributed by atoms with Crippen molar-refractivity contribution < 1.29 is 14.6 Å². The van der Waals surface area contributed by atoms with E-state index in [1.807, 2.05) is 0 Å². The van der Waals surface area contributed by atoms with E-state index < -0.39 is 5.60 Å². The molecule has 1 heterocycles. The highest BCUT2D eigenvalue weighted by molar-refractivity contribution is 5.26. The summed E-state index contributed by atoms with van der Waals surface area (Å²) in [6, 6.07) is 0. The van der Waals surface area contributed by atoms with Crippen molar-refractivity contribution in [1.82, 2.24) is 0 Å². The Balaban J connectivity index is 1.32. The maximum absolute atomic E-state index is 11.5. The number of rotatable bonds is 4. The molecule has 1 saturated heterocycles. The van der Waals surface area contributed by atoms with E-state index in [9.17, 15) is 5.11 Å². The van der Waals surface area contributed by atoms with Crippen LogP contribution >= 0.6 is 0 Å². The summed E-state index contributed by atoms with van der Waals surface area (Å²) in [4.78, 5) is 0. The van der Waals surface area contributed by atoms with Gasteiger partial charge in [-0.3, -0.25) is 0 Å². The first-order valence-corrected chi connectivity index (χ1v) is 12.8. The van der Waals surface area contributed by atoms with Crippen LogP contribution < -0.4 is 5.73 Å². The Morgan fingerprint density at radius 2 is 1.93 bits per heavy atom. The number of ether oxygens (including phenoxy) is 2. The molecule has 0 aromatic rings. The zero-order valence-corrected chi connectivity index (χ0v) is 19.2. The Morgan fingerprint density at radius 3 is 2.70 bits per heavy atom. The summed E-state index contributed by atoms with van der Waals surface area (Å²) in [7, 11) is 0. The largest absolute Gasteiger partial charge is 0.389 e. The molecular formula is C26H43NO3. The van der Waals surface area contributed by atoms with Crippen molar-refractivity contribution in [2.45, 2.75) is 109 Å². The van der Waals surface area contributed by atoms with E-state index in [1.54, 1.807) is 5.57 Å². The van der Waals surface area contributed by atoms with E-state index >= 15 is 0 Å². The molecule has 170 valence electrons. The Hall–Kier alpha value is -0.420. The summed E-state index contributed by atoms with van der Waals surface area (Å²) >= 11 is 0. The highest BCUT2D eigenvalue weighted by atomic mass is 16.7. The molecule has 5 aliphatic rings. The minimum Gasteiger partial charge on any atom is -0.389 e. The number of aliphatic hydroxyl groups is 1. The maximum Gasteiger partial charge on any atom is 0.157 e. The van der Waals surface area contributed by atoms with Gasteiger partial charge in [0.2, 0.25) is 0 Å².